The van der Waals surface area contributed by atoms with Crippen LogP contribution < -0.4 is 10.2 Å². The average molecular weight is 463 g/mol. The molecule has 0 aliphatic rings. The van der Waals surface area contributed by atoms with Gasteiger partial charge >= 0.3 is 5.97 Å². The Kier molecular flexibility index (Phi) is 6.57. The van der Waals surface area contributed by atoms with E-state index in [-0.39, 0.29) is 40.5 Å². The van der Waals surface area contributed by atoms with E-state index in [1.807, 2.05) is 20.8 Å². The van der Waals surface area contributed by atoms with E-state index >= 15 is 0 Å². The van der Waals surface area contributed by atoms with Gasteiger partial charge in [0.2, 0.25) is 11.3 Å². The number of nitrogens with zero attached hydrogens (tertiary/aromatic N) is 2. The van der Waals surface area contributed by atoms with Crippen LogP contribution in [0, 0.1) is 11.2 Å². The predicted molar refractivity (Wildman–Crippen MR) is 119 cm³/mol. The van der Waals surface area contributed by atoms with Gasteiger partial charge in [0.25, 0.3) is 0 Å². The monoisotopic (exact) mass is 462 g/mol. The molecule has 9 heteroatoms. The Labute approximate surface area is 189 Å². The number of pyridine rings is 2. The topological polar surface area (TPSA) is 102 Å². The van der Waals surface area contributed by atoms with Crippen molar-refractivity contribution < 1.29 is 24.1 Å². The molecule has 0 aliphatic heterocycles. The summed E-state index contributed by atoms with van der Waals surface area (Å²) in [7, 11) is 1.40. The summed E-state index contributed by atoms with van der Waals surface area (Å²) in [5.74, 6) is -1.84. The molecule has 2 heterocycles. The summed E-state index contributed by atoms with van der Waals surface area (Å²) < 4.78 is 21.4. The smallest absolute Gasteiger partial charge is 0.341 e. The second-order valence-corrected chi connectivity index (χ2v) is 8.97. The number of hydrogen-bond donors (Lipinski definition) is 2. The SMILES string of the molecule is COc1nc2c(cc1Cc1cccc(Cl)c1F)c(=O)c(C(=O)O)cn2[C@H](CO)C(C)(C)C. The molecule has 0 saturated heterocycles. The molecule has 0 unspecified atom stereocenters. The van der Waals surface area contributed by atoms with Gasteiger partial charge in [-0.25, -0.2) is 9.18 Å². The molecule has 170 valence electrons. The maximum absolute atomic E-state index is 14.5. The lowest BCUT2D eigenvalue weighted by Gasteiger charge is -2.32. The van der Waals surface area contributed by atoms with E-state index in [2.05, 4.69) is 4.98 Å². The van der Waals surface area contributed by atoms with Crippen LogP contribution in [0.15, 0.2) is 35.3 Å². The van der Waals surface area contributed by atoms with Crippen molar-refractivity contribution in [1.29, 1.82) is 0 Å². The number of hydrogen-bond acceptors (Lipinski definition) is 5. The summed E-state index contributed by atoms with van der Waals surface area (Å²) in [5, 5.41) is 19.6. The molecular formula is C23H24ClFN2O5. The van der Waals surface area contributed by atoms with Crippen molar-refractivity contribution in [3.05, 3.63) is 68.2 Å². The number of carboxylic acid groups (broad SMARTS) is 1. The molecule has 0 radical (unpaired) electrons. The third-order valence-electron chi connectivity index (χ3n) is 5.39. The van der Waals surface area contributed by atoms with E-state index in [0.29, 0.717) is 5.56 Å². The highest BCUT2D eigenvalue weighted by Crippen LogP contribution is 2.33. The molecule has 0 bridgehead atoms. The maximum Gasteiger partial charge on any atom is 0.341 e. The van der Waals surface area contributed by atoms with E-state index < -0.39 is 34.2 Å². The lowest BCUT2D eigenvalue weighted by Crippen LogP contribution is -2.31. The molecular weight excluding hydrogens is 439 g/mol. The van der Waals surface area contributed by atoms with Crippen molar-refractivity contribution in [3.63, 3.8) is 0 Å². The Morgan fingerprint density at radius 2 is 2.00 bits per heavy atom. The summed E-state index contributed by atoms with van der Waals surface area (Å²) in [4.78, 5) is 29.2. The van der Waals surface area contributed by atoms with Crippen LogP contribution in [0.4, 0.5) is 4.39 Å². The molecule has 2 aromatic heterocycles. The van der Waals surface area contributed by atoms with Gasteiger partial charge in [0, 0.05) is 18.2 Å². The number of aromatic carboxylic acids is 1. The number of benzene rings is 1. The third kappa shape index (κ3) is 4.33. The predicted octanol–water partition coefficient (Wildman–Crippen LogP) is 4.07. The van der Waals surface area contributed by atoms with Gasteiger partial charge < -0.3 is 19.5 Å². The summed E-state index contributed by atoms with van der Waals surface area (Å²) in [6.45, 7) is 5.34. The quantitative estimate of drug-likeness (QED) is 0.572. The zero-order chi connectivity index (χ0) is 23.8. The molecule has 32 heavy (non-hydrogen) atoms. The van der Waals surface area contributed by atoms with Gasteiger partial charge in [-0.1, -0.05) is 44.5 Å². The van der Waals surface area contributed by atoms with Gasteiger partial charge in [-0.15, -0.1) is 0 Å². The lowest BCUT2D eigenvalue weighted by atomic mass is 9.86. The molecule has 0 amide bonds. The first-order chi connectivity index (χ1) is 15.0. The number of aromatic nitrogens is 2. The molecule has 0 saturated carbocycles. The Balaban J connectivity index is 2.34. The minimum atomic E-state index is -1.39. The van der Waals surface area contributed by atoms with Crippen molar-refractivity contribution in [3.8, 4) is 5.88 Å². The Morgan fingerprint density at radius 3 is 2.56 bits per heavy atom. The van der Waals surface area contributed by atoms with Crippen LogP contribution in [0.3, 0.4) is 0 Å². The highest BCUT2D eigenvalue weighted by atomic mass is 35.5. The average Bonchev–Trinajstić information content (AvgIpc) is 2.72. The Morgan fingerprint density at radius 1 is 1.31 bits per heavy atom. The molecule has 1 aromatic carbocycles. The lowest BCUT2D eigenvalue weighted by molar-refractivity contribution is 0.0692. The van der Waals surface area contributed by atoms with Gasteiger partial charge in [0.05, 0.1) is 30.2 Å². The first-order valence-corrected chi connectivity index (χ1v) is 10.3. The second-order valence-electron chi connectivity index (χ2n) is 8.57. The minimum Gasteiger partial charge on any atom is -0.481 e. The molecule has 1 atom stereocenters. The van der Waals surface area contributed by atoms with E-state index in [4.69, 9.17) is 16.3 Å². The van der Waals surface area contributed by atoms with Crippen LogP contribution in [0.1, 0.15) is 48.3 Å². The third-order valence-corrected chi connectivity index (χ3v) is 5.68. The molecule has 3 rings (SSSR count). The van der Waals surface area contributed by atoms with Crippen molar-refractivity contribution >= 4 is 28.6 Å². The number of aliphatic hydroxyl groups is 1. The highest BCUT2D eigenvalue weighted by Gasteiger charge is 2.29. The van der Waals surface area contributed by atoms with Gasteiger partial charge in [-0.05, 0) is 23.1 Å². The zero-order valence-corrected chi connectivity index (χ0v) is 18.9. The number of rotatable bonds is 6. The fourth-order valence-electron chi connectivity index (χ4n) is 3.66. The fourth-order valence-corrected chi connectivity index (χ4v) is 3.85. The van der Waals surface area contributed by atoms with Gasteiger partial charge in [0.15, 0.2) is 0 Å². The molecule has 0 spiro atoms. The molecule has 0 fully saturated rings. The Hall–Kier alpha value is -2.97. The van der Waals surface area contributed by atoms with E-state index in [0.717, 1.165) is 0 Å². The number of fused-ring (bicyclic) bond motifs is 1. The van der Waals surface area contributed by atoms with Gasteiger partial charge in [-0.2, -0.15) is 4.98 Å². The Bertz CT molecular complexity index is 1250. The second kappa shape index (κ2) is 8.88. The molecule has 7 nitrogen and oxygen atoms in total. The van der Waals surface area contributed by atoms with Crippen molar-refractivity contribution in [2.75, 3.05) is 13.7 Å². The fraction of sp³-hybridized carbons (Fsp3) is 0.348. The standard InChI is InChI=1S/C23H24ClFN2O5/c1-23(2,3)17(11-28)27-10-15(22(30)31)19(29)14-9-13(21(32-4)26-20(14)27)8-12-6-5-7-16(24)18(12)25/h5-7,9-10,17,28H,8,11H2,1-4H3,(H,30,31)/t17-/m1/s1. The maximum atomic E-state index is 14.5. The van der Waals surface area contributed by atoms with Crippen LogP contribution in [0.2, 0.25) is 5.02 Å². The van der Waals surface area contributed by atoms with E-state index in [1.165, 1.54) is 30.0 Å². The van der Waals surface area contributed by atoms with E-state index in [1.54, 1.807) is 12.1 Å². The summed E-state index contributed by atoms with van der Waals surface area (Å²) in [6, 6.07) is 5.47. The van der Waals surface area contributed by atoms with Crippen LogP contribution in [-0.2, 0) is 6.42 Å². The van der Waals surface area contributed by atoms with Crippen LogP contribution in [0.5, 0.6) is 5.88 Å². The molecule has 0 aliphatic carbocycles. The van der Waals surface area contributed by atoms with Crippen LogP contribution >= 0.6 is 11.6 Å². The van der Waals surface area contributed by atoms with Crippen molar-refractivity contribution in [1.82, 2.24) is 9.55 Å². The first-order valence-electron chi connectivity index (χ1n) is 9.89. The summed E-state index contributed by atoms with van der Waals surface area (Å²) in [5.41, 5.74) is -0.826. The number of halogens is 2. The largest absolute Gasteiger partial charge is 0.481 e. The number of carbonyl (C=O) groups is 1. The van der Waals surface area contributed by atoms with Crippen molar-refractivity contribution in [2.45, 2.75) is 33.2 Å². The molecule has 3 aromatic rings. The van der Waals surface area contributed by atoms with E-state index in [9.17, 15) is 24.2 Å². The van der Waals surface area contributed by atoms with Crippen LogP contribution in [-0.4, -0.2) is 39.5 Å². The number of aliphatic hydroxyl groups excluding tert-OH is 1. The first kappa shape index (κ1) is 23.7. The van der Waals surface area contributed by atoms with Crippen molar-refractivity contribution in [2.24, 2.45) is 5.41 Å². The normalized spacial score (nSPS) is 12.7. The molecule has 2 N–H and O–H groups in total. The number of carboxylic acids is 1. The van der Waals surface area contributed by atoms with Gasteiger partial charge in [-0.3, -0.25) is 4.79 Å². The van der Waals surface area contributed by atoms with Gasteiger partial charge in [0.1, 0.15) is 17.0 Å². The summed E-state index contributed by atoms with van der Waals surface area (Å²) >= 11 is 5.88. The number of ether oxygens (including phenoxy) is 1. The number of methoxy groups -OCH3 is 1. The summed E-state index contributed by atoms with van der Waals surface area (Å²) in [6.07, 6.45) is 1.22. The zero-order valence-electron chi connectivity index (χ0n) is 18.1. The highest BCUT2D eigenvalue weighted by molar-refractivity contribution is 6.30. The minimum absolute atomic E-state index is 0.0257. The van der Waals surface area contributed by atoms with Crippen LogP contribution in [0.25, 0.3) is 11.0 Å².